The molecule has 1 atom stereocenters. The number of aliphatic hydroxyl groups is 2. The largest absolute Gasteiger partial charge is 0.459 e. The lowest BCUT2D eigenvalue weighted by atomic mass is 10.0. The molecule has 0 aliphatic rings. The summed E-state index contributed by atoms with van der Waals surface area (Å²) < 4.78 is 4.87. The first-order valence-corrected chi connectivity index (χ1v) is 5.04. The summed E-state index contributed by atoms with van der Waals surface area (Å²) in [5.41, 5.74) is -0.859. The van der Waals surface area contributed by atoms with E-state index in [0.717, 1.165) is 0 Å². The van der Waals surface area contributed by atoms with Gasteiger partial charge in [0.15, 0.2) is 0 Å². The number of hydrogen-bond donors (Lipinski definition) is 2. The minimum absolute atomic E-state index is 0.225. The summed E-state index contributed by atoms with van der Waals surface area (Å²) in [6.07, 6.45) is -1.10. The molecule has 0 aliphatic carbocycles. The Morgan fingerprint density at radius 1 is 1.38 bits per heavy atom. The molecule has 0 unspecified atom stereocenters. The molecule has 4 heteroatoms. The van der Waals surface area contributed by atoms with Gasteiger partial charge in [-0.05, 0) is 26.0 Å². The molecule has 1 aromatic carbocycles. The fraction of sp³-hybridized carbons (Fsp3) is 0.417. The highest BCUT2D eigenvalue weighted by Crippen LogP contribution is 2.09. The van der Waals surface area contributed by atoms with Crippen LogP contribution in [0.1, 0.15) is 24.2 Å². The maximum atomic E-state index is 11.5. The Bertz CT molecular complexity index is 340. The van der Waals surface area contributed by atoms with Crippen molar-refractivity contribution in [3.05, 3.63) is 35.9 Å². The zero-order chi connectivity index (χ0) is 12.2. The average molecular weight is 224 g/mol. The van der Waals surface area contributed by atoms with Crippen LogP contribution in [-0.2, 0) is 4.74 Å². The van der Waals surface area contributed by atoms with Gasteiger partial charge in [-0.1, -0.05) is 18.2 Å². The highest BCUT2D eigenvalue weighted by Gasteiger charge is 2.25. The van der Waals surface area contributed by atoms with Crippen LogP contribution in [0.4, 0.5) is 0 Å². The summed E-state index contributed by atoms with van der Waals surface area (Å²) in [7, 11) is 0. The quantitative estimate of drug-likeness (QED) is 0.748. The lowest BCUT2D eigenvalue weighted by molar-refractivity contribution is -0.0754. The van der Waals surface area contributed by atoms with Gasteiger partial charge in [0.25, 0.3) is 0 Å². The minimum Gasteiger partial charge on any atom is -0.459 e. The van der Waals surface area contributed by atoms with Crippen LogP contribution in [0.25, 0.3) is 0 Å². The molecule has 0 amide bonds. The fourth-order valence-electron chi connectivity index (χ4n) is 1.02. The topological polar surface area (TPSA) is 66.8 Å². The van der Waals surface area contributed by atoms with E-state index in [1.54, 1.807) is 30.3 Å². The number of rotatable bonds is 4. The maximum absolute atomic E-state index is 11.5. The lowest BCUT2D eigenvalue weighted by Gasteiger charge is -2.23. The van der Waals surface area contributed by atoms with Crippen LogP contribution in [0.5, 0.6) is 0 Å². The maximum Gasteiger partial charge on any atom is 0.338 e. The molecule has 0 bridgehead atoms. The fourth-order valence-corrected chi connectivity index (χ4v) is 1.02. The first kappa shape index (κ1) is 12.7. The predicted molar refractivity (Wildman–Crippen MR) is 59.0 cm³/mol. The summed E-state index contributed by atoms with van der Waals surface area (Å²) in [5, 5.41) is 18.9. The molecule has 0 aliphatic heterocycles. The normalized spacial score (nSPS) is 13.2. The first-order chi connectivity index (χ1) is 7.41. The van der Waals surface area contributed by atoms with E-state index in [4.69, 9.17) is 4.74 Å². The molecule has 0 fully saturated rings. The zero-order valence-corrected chi connectivity index (χ0v) is 9.38. The summed E-state index contributed by atoms with van der Waals surface area (Å²) in [4.78, 5) is 11.5. The van der Waals surface area contributed by atoms with E-state index in [0.29, 0.717) is 5.56 Å². The Hall–Kier alpha value is -1.39. The van der Waals surface area contributed by atoms with Crippen molar-refractivity contribution in [2.75, 3.05) is 6.61 Å². The molecule has 1 rings (SSSR count). The van der Waals surface area contributed by atoms with E-state index in [2.05, 4.69) is 0 Å². The van der Waals surface area contributed by atoms with E-state index < -0.39 is 17.7 Å². The van der Waals surface area contributed by atoms with Crippen LogP contribution in [0.15, 0.2) is 30.3 Å². The smallest absolute Gasteiger partial charge is 0.338 e. The van der Waals surface area contributed by atoms with Gasteiger partial charge in [0, 0.05) is 0 Å². The Labute approximate surface area is 94.5 Å². The number of carbonyl (C=O) groups excluding carboxylic acids is 1. The van der Waals surface area contributed by atoms with Crippen LogP contribution in [0, 0.1) is 0 Å². The number of aliphatic hydroxyl groups excluding tert-OH is 1. The van der Waals surface area contributed by atoms with Crippen molar-refractivity contribution in [2.45, 2.75) is 25.6 Å². The molecule has 0 saturated heterocycles. The monoisotopic (exact) mass is 224 g/mol. The second kappa shape index (κ2) is 5.09. The molecule has 0 heterocycles. The van der Waals surface area contributed by atoms with Crippen LogP contribution < -0.4 is 0 Å². The molecular weight excluding hydrogens is 208 g/mol. The molecular formula is C12H16O4. The molecule has 88 valence electrons. The Kier molecular flexibility index (Phi) is 4.04. The standard InChI is InChI=1S/C12H16O4/c1-12(2,15)10(13)8-16-11(14)9-6-4-3-5-7-9/h3-7,10,13,15H,8H2,1-2H3/t10-/m0/s1. The Morgan fingerprint density at radius 2 is 1.94 bits per heavy atom. The highest BCUT2D eigenvalue weighted by atomic mass is 16.5. The third kappa shape index (κ3) is 3.64. The van der Waals surface area contributed by atoms with Gasteiger partial charge >= 0.3 is 5.97 Å². The number of carbonyl (C=O) groups is 1. The van der Waals surface area contributed by atoms with Gasteiger partial charge in [-0.15, -0.1) is 0 Å². The number of hydrogen-bond acceptors (Lipinski definition) is 4. The summed E-state index contributed by atoms with van der Waals surface area (Å²) in [6.45, 7) is 2.68. The minimum atomic E-state index is -1.28. The Balaban J connectivity index is 2.48. The summed E-state index contributed by atoms with van der Waals surface area (Å²) >= 11 is 0. The lowest BCUT2D eigenvalue weighted by Crippen LogP contribution is -2.39. The summed E-state index contributed by atoms with van der Waals surface area (Å²) in [5.74, 6) is -0.510. The molecule has 16 heavy (non-hydrogen) atoms. The molecule has 2 N–H and O–H groups in total. The zero-order valence-electron chi connectivity index (χ0n) is 9.38. The highest BCUT2D eigenvalue weighted by molar-refractivity contribution is 5.89. The van der Waals surface area contributed by atoms with Crippen LogP contribution >= 0.6 is 0 Å². The van der Waals surface area contributed by atoms with Gasteiger partial charge in [0.2, 0.25) is 0 Å². The first-order valence-electron chi connectivity index (χ1n) is 5.04. The van der Waals surface area contributed by atoms with Crippen LogP contribution in [0.2, 0.25) is 0 Å². The second-order valence-corrected chi connectivity index (χ2v) is 4.13. The molecule has 4 nitrogen and oxygen atoms in total. The molecule has 0 saturated carbocycles. The van der Waals surface area contributed by atoms with Gasteiger partial charge in [-0.2, -0.15) is 0 Å². The third-order valence-corrected chi connectivity index (χ3v) is 2.20. The van der Waals surface area contributed by atoms with E-state index in [-0.39, 0.29) is 6.61 Å². The average Bonchev–Trinajstić information content (AvgIpc) is 2.25. The van der Waals surface area contributed by atoms with E-state index >= 15 is 0 Å². The van der Waals surface area contributed by atoms with Crippen molar-refractivity contribution in [3.8, 4) is 0 Å². The van der Waals surface area contributed by atoms with Gasteiger partial charge in [0.05, 0.1) is 11.2 Å². The number of esters is 1. The van der Waals surface area contributed by atoms with Crippen molar-refractivity contribution < 1.29 is 19.7 Å². The number of benzene rings is 1. The van der Waals surface area contributed by atoms with E-state index in [1.807, 2.05) is 0 Å². The van der Waals surface area contributed by atoms with Gasteiger partial charge in [-0.25, -0.2) is 4.79 Å². The van der Waals surface area contributed by atoms with E-state index in [9.17, 15) is 15.0 Å². The molecule has 0 aromatic heterocycles. The third-order valence-electron chi connectivity index (χ3n) is 2.20. The molecule has 0 radical (unpaired) electrons. The Morgan fingerprint density at radius 3 is 2.44 bits per heavy atom. The van der Waals surface area contributed by atoms with Crippen molar-refractivity contribution in [3.63, 3.8) is 0 Å². The van der Waals surface area contributed by atoms with Gasteiger partial charge in [-0.3, -0.25) is 0 Å². The molecule has 1 aromatic rings. The van der Waals surface area contributed by atoms with Crippen molar-refractivity contribution in [2.24, 2.45) is 0 Å². The van der Waals surface area contributed by atoms with E-state index in [1.165, 1.54) is 13.8 Å². The SMILES string of the molecule is CC(C)(O)[C@@H](O)COC(=O)c1ccccc1. The number of ether oxygens (including phenoxy) is 1. The van der Waals surface area contributed by atoms with Crippen molar-refractivity contribution >= 4 is 5.97 Å². The molecule has 0 spiro atoms. The van der Waals surface area contributed by atoms with Crippen molar-refractivity contribution in [1.82, 2.24) is 0 Å². The predicted octanol–water partition coefficient (Wildman–Crippen LogP) is 0.975. The van der Waals surface area contributed by atoms with Crippen LogP contribution in [-0.4, -0.2) is 34.5 Å². The van der Waals surface area contributed by atoms with Gasteiger partial charge in [0.1, 0.15) is 12.7 Å². The van der Waals surface area contributed by atoms with Gasteiger partial charge < -0.3 is 14.9 Å². The van der Waals surface area contributed by atoms with Crippen LogP contribution in [0.3, 0.4) is 0 Å². The van der Waals surface area contributed by atoms with Crippen molar-refractivity contribution in [1.29, 1.82) is 0 Å². The second-order valence-electron chi connectivity index (χ2n) is 4.13. The summed E-state index contributed by atoms with van der Waals surface area (Å²) in [6, 6.07) is 8.49.